The number of rotatable bonds is 4. The second-order valence-corrected chi connectivity index (χ2v) is 11.1. The molecule has 0 saturated carbocycles. The van der Waals surface area contributed by atoms with Crippen LogP contribution in [0.15, 0.2) is 39.4 Å². The Labute approximate surface area is 198 Å². The van der Waals surface area contributed by atoms with Gasteiger partial charge in [-0.15, -0.1) is 10.2 Å². The Morgan fingerprint density at radius 2 is 1.94 bits per heavy atom. The first kappa shape index (κ1) is 22.7. The Hall–Kier alpha value is -3.11. The van der Waals surface area contributed by atoms with Crippen molar-refractivity contribution in [1.82, 2.24) is 9.55 Å². The van der Waals surface area contributed by atoms with E-state index in [1.807, 2.05) is 0 Å². The largest absolute Gasteiger partial charge is 0.371 e. The molecule has 1 N–H and O–H groups in total. The van der Waals surface area contributed by atoms with E-state index in [0.717, 1.165) is 37.2 Å². The normalized spacial score (nSPS) is 17.4. The van der Waals surface area contributed by atoms with Gasteiger partial charge in [0.15, 0.2) is 5.78 Å². The number of fused-ring (bicyclic) bond motifs is 1. The summed E-state index contributed by atoms with van der Waals surface area (Å²) in [6.07, 6.45) is 2.29. The third-order valence-corrected chi connectivity index (χ3v) is 7.98. The van der Waals surface area contributed by atoms with Crippen molar-refractivity contribution in [1.29, 1.82) is 0 Å². The summed E-state index contributed by atoms with van der Waals surface area (Å²) in [7, 11) is -2.78. The van der Waals surface area contributed by atoms with Gasteiger partial charge in [-0.05, 0) is 67.0 Å². The fourth-order valence-electron chi connectivity index (χ4n) is 5.08. The van der Waals surface area contributed by atoms with Gasteiger partial charge in [-0.2, -0.15) is 8.42 Å². The van der Waals surface area contributed by atoms with Gasteiger partial charge in [-0.3, -0.25) is 9.35 Å². The molecule has 0 unspecified atom stereocenters. The fourth-order valence-corrected chi connectivity index (χ4v) is 5.96. The number of anilines is 1. The second kappa shape index (κ2) is 7.71. The van der Waals surface area contributed by atoms with Crippen LogP contribution in [-0.2, 0) is 29.0 Å². The molecule has 3 aromatic rings. The van der Waals surface area contributed by atoms with Crippen molar-refractivity contribution >= 4 is 44.3 Å². The maximum absolute atomic E-state index is 12.5. The lowest BCUT2D eigenvalue weighted by Crippen LogP contribution is -2.41. The van der Waals surface area contributed by atoms with Gasteiger partial charge < -0.3 is 9.47 Å². The van der Waals surface area contributed by atoms with Crippen LogP contribution >= 0.6 is 0 Å². The number of carbonyl (C=O) groups is 1. The van der Waals surface area contributed by atoms with Crippen LogP contribution in [-0.4, -0.2) is 41.4 Å². The Morgan fingerprint density at radius 1 is 1.18 bits per heavy atom. The second-order valence-electron chi connectivity index (χ2n) is 9.73. The average molecular weight is 482 g/mol. The summed E-state index contributed by atoms with van der Waals surface area (Å²) in [5.41, 5.74) is 4.42. The molecule has 0 amide bonds. The number of hydrogen-bond donors (Lipinski definition) is 1. The van der Waals surface area contributed by atoms with Crippen LogP contribution in [0.2, 0.25) is 0 Å². The zero-order chi connectivity index (χ0) is 24.4. The van der Waals surface area contributed by atoms with Gasteiger partial charge in [0.05, 0.1) is 11.0 Å². The number of imidazole rings is 1. The molecule has 0 saturated heterocycles. The summed E-state index contributed by atoms with van der Waals surface area (Å²) < 4.78 is 36.9. The summed E-state index contributed by atoms with van der Waals surface area (Å²) in [5.74, 6) is 0.216. The topological polar surface area (TPSA) is 117 Å². The fraction of sp³-hybridized carbons (Fsp3) is 0.417. The Kier molecular flexibility index (Phi) is 5.14. The Balaban J connectivity index is 1.69. The molecule has 2 aliphatic rings. The van der Waals surface area contributed by atoms with Gasteiger partial charge in [-0.25, -0.2) is 4.98 Å². The summed E-state index contributed by atoms with van der Waals surface area (Å²) in [5, 5.41) is 8.58. The molecule has 0 spiro atoms. The Morgan fingerprint density at radius 3 is 2.65 bits per heavy atom. The summed E-state index contributed by atoms with van der Waals surface area (Å²) >= 11 is 0. The maximum Gasteiger partial charge on any atom is 0.297 e. The highest BCUT2D eigenvalue weighted by atomic mass is 32.2. The predicted octanol–water partition coefficient (Wildman–Crippen LogP) is 4.87. The lowest BCUT2D eigenvalue weighted by molar-refractivity contribution is 0.101. The predicted molar refractivity (Wildman–Crippen MR) is 129 cm³/mol. The third kappa shape index (κ3) is 3.61. The van der Waals surface area contributed by atoms with E-state index in [0.29, 0.717) is 28.6 Å². The first-order valence-corrected chi connectivity index (χ1v) is 12.7. The number of carbonyl (C=O) groups excluding carboxylic acids is 1. The van der Waals surface area contributed by atoms with E-state index in [-0.39, 0.29) is 27.7 Å². The van der Waals surface area contributed by atoms with Crippen LogP contribution in [0.5, 0.6) is 0 Å². The summed E-state index contributed by atoms with van der Waals surface area (Å²) in [6.45, 7) is 7.49. The van der Waals surface area contributed by atoms with Crippen LogP contribution in [0.3, 0.4) is 0 Å². The van der Waals surface area contributed by atoms with Crippen LogP contribution < -0.4 is 4.90 Å². The molecule has 2 aliphatic heterocycles. The van der Waals surface area contributed by atoms with Gasteiger partial charge in [0, 0.05) is 31.4 Å². The molecule has 10 heteroatoms. The minimum absolute atomic E-state index is 0.0521. The van der Waals surface area contributed by atoms with Crippen LogP contribution in [0.25, 0.3) is 11.0 Å². The average Bonchev–Trinajstić information content (AvgIpc) is 3.08. The first-order valence-electron chi connectivity index (χ1n) is 11.3. The summed E-state index contributed by atoms with van der Waals surface area (Å²) in [6, 6.07) is 6.94. The van der Waals surface area contributed by atoms with Crippen molar-refractivity contribution in [2.45, 2.75) is 50.3 Å². The number of azo groups is 1. The highest BCUT2D eigenvalue weighted by Crippen LogP contribution is 2.49. The number of hydrogen-bond acceptors (Lipinski definition) is 7. The van der Waals surface area contributed by atoms with Crippen molar-refractivity contribution in [3.05, 3.63) is 41.0 Å². The molecule has 0 bridgehead atoms. The quantitative estimate of drug-likeness (QED) is 0.323. The molecular weight excluding hydrogens is 454 g/mol. The lowest BCUT2D eigenvalue weighted by Gasteiger charge is -2.44. The smallest absolute Gasteiger partial charge is 0.297 e. The van der Waals surface area contributed by atoms with E-state index in [4.69, 9.17) is 0 Å². The standard InChI is InChI=1S/C24H27N5O4S/c1-14(30)15-7-8-18-20(12-15)28(4)23(25-18)27-26-19-13-17-21-16(22(19)34(31,32)33)6-5-10-29(21)11-9-24(17,2)3/h7-8,12-13H,5-6,9-11H2,1-4H3,(H,31,32,33). The number of Topliss-reactive ketones (excluding diaryl/α,β-unsaturated/α-hetero) is 1. The van der Waals surface area contributed by atoms with E-state index in [9.17, 15) is 17.8 Å². The molecule has 9 nitrogen and oxygen atoms in total. The molecule has 0 atom stereocenters. The zero-order valence-electron chi connectivity index (χ0n) is 19.7. The van der Waals surface area contributed by atoms with Gasteiger partial charge in [-0.1, -0.05) is 13.8 Å². The lowest BCUT2D eigenvalue weighted by atomic mass is 9.75. The van der Waals surface area contributed by atoms with Crippen LogP contribution in [0.4, 0.5) is 17.3 Å². The maximum atomic E-state index is 12.5. The van der Waals surface area contributed by atoms with Crippen molar-refractivity contribution in [3.8, 4) is 0 Å². The van der Waals surface area contributed by atoms with E-state index in [2.05, 4.69) is 34.0 Å². The first-order chi connectivity index (χ1) is 16.0. The molecule has 0 radical (unpaired) electrons. The van der Waals surface area contributed by atoms with E-state index in [1.54, 1.807) is 35.9 Å². The van der Waals surface area contributed by atoms with Crippen molar-refractivity contribution in [2.24, 2.45) is 17.3 Å². The highest BCUT2D eigenvalue weighted by Gasteiger charge is 2.38. The van der Waals surface area contributed by atoms with Gasteiger partial charge in [0.2, 0.25) is 5.95 Å². The molecule has 0 aliphatic carbocycles. The third-order valence-electron chi connectivity index (χ3n) is 7.00. The number of benzene rings is 2. The van der Waals surface area contributed by atoms with Gasteiger partial charge >= 0.3 is 0 Å². The molecule has 34 heavy (non-hydrogen) atoms. The van der Waals surface area contributed by atoms with Gasteiger partial charge in [0.25, 0.3) is 10.1 Å². The molecule has 3 heterocycles. The minimum Gasteiger partial charge on any atom is -0.371 e. The Bertz CT molecular complexity index is 1490. The zero-order valence-corrected chi connectivity index (χ0v) is 20.5. The molecular formula is C24H27N5O4S. The summed E-state index contributed by atoms with van der Waals surface area (Å²) in [4.78, 5) is 18.3. The number of ketones is 1. The monoisotopic (exact) mass is 481 g/mol. The molecule has 2 aromatic carbocycles. The van der Waals surface area contributed by atoms with Gasteiger partial charge in [0.1, 0.15) is 10.6 Å². The van der Waals surface area contributed by atoms with Crippen LogP contribution in [0, 0.1) is 0 Å². The number of aromatic nitrogens is 2. The molecule has 1 aromatic heterocycles. The number of aryl methyl sites for hydroxylation is 1. The van der Waals surface area contributed by atoms with E-state index in [1.165, 1.54) is 6.92 Å². The highest BCUT2D eigenvalue weighted by molar-refractivity contribution is 7.86. The number of nitrogens with zero attached hydrogens (tertiary/aromatic N) is 5. The van der Waals surface area contributed by atoms with E-state index < -0.39 is 10.1 Å². The van der Waals surface area contributed by atoms with Crippen molar-refractivity contribution < 1.29 is 17.8 Å². The molecule has 178 valence electrons. The van der Waals surface area contributed by atoms with Crippen molar-refractivity contribution in [2.75, 3.05) is 18.0 Å². The van der Waals surface area contributed by atoms with E-state index >= 15 is 0 Å². The molecule has 0 fully saturated rings. The van der Waals surface area contributed by atoms with Crippen molar-refractivity contribution in [3.63, 3.8) is 0 Å². The molecule has 5 rings (SSSR count). The van der Waals surface area contributed by atoms with Crippen LogP contribution in [0.1, 0.15) is 55.1 Å². The minimum atomic E-state index is -4.54. The SMILES string of the molecule is CC(=O)c1ccc2nc(N=Nc3cc4c5c(c3S(=O)(=O)O)CCCN5CCC4(C)C)n(C)c2c1.